The molecule has 1 saturated heterocycles. The number of anilines is 1. The molecule has 4 aromatic rings. The molecule has 1 spiro atoms. The summed E-state index contributed by atoms with van der Waals surface area (Å²) in [6.45, 7) is 1.01. The van der Waals surface area contributed by atoms with Gasteiger partial charge in [0.05, 0.1) is 16.3 Å². The van der Waals surface area contributed by atoms with Gasteiger partial charge in [-0.2, -0.15) is 4.31 Å². The van der Waals surface area contributed by atoms with E-state index in [-0.39, 0.29) is 11.5 Å². The average Bonchev–Trinajstić information content (AvgIpc) is 3.21. The van der Waals surface area contributed by atoms with E-state index < -0.39 is 10.0 Å². The summed E-state index contributed by atoms with van der Waals surface area (Å²) in [7, 11) is -1.55. The third kappa shape index (κ3) is 2.85. The summed E-state index contributed by atoms with van der Waals surface area (Å²) in [4.78, 5) is 14.4. The quantitative estimate of drug-likeness (QED) is 0.533. The number of nitrogens with zero attached hydrogens (tertiary/aromatic N) is 4. The van der Waals surface area contributed by atoms with Gasteiger partial charge in [-0.1, -0.05) is 30.3 Å². The zero-order chi connectivity index (χ0) is 21.2. The fourth-order valence-corrected chi connectivity index (χ4v) is 6.62. The van der Waals surface area contributed by atoms with Gasteiger partial charge >= 0.3 is 0 Å². The standard InChI is InChI=1S/C23H23N5O2S/c1-27(22-19-8-11-24-21(19)25-15-26-22)20-13-28(14-23(20)9-10-23)31(29,30)18-7-6-16-4-2-3-5-17(16)12-18/h2-8,11-12,15,20H,9-10,13-14H2,1H3,(H,24,25,26)/t20-/m0/s1. The molecule has 1 saturated carbocycles. The Bertz CT molecular complexity index is 1410. The maximum Gasteiger partial charge on any atom is 0.243 e. The summed E-state index contributed by atoms with van der Waals surface area (Å²) in [6, 6.07) is 15.3. The highest BCUT2D eigenvalue weighted by atomic mass is 32.2. The highest BCUT2D eigenvalue weighted by Crippen LogP contribution is 2.55. The number of fused-ring (bicyclic) bond motifs is 2. The molecule has 1 atom stereocenters. The van der Waals surface area contributed by atoms with Gasteiger partial charge in [0.1, 0.15) is 17.8 Å². The smallest absolute Gasteiger partial charge is 0.243 e. The third-order valence-corrected chi connectivity index (χ3v) is 8.77. The van der Waals surface area contributed by atoms with Crippen LogP contribution in [0, 0.1) is 5.41 Å². The van der Waals surface area contributed by atoms with Gasteiger partial charge in [0.2, 0.25) is 10.0 Å². The second-order valence-corrected chi connectivity index (χ2v) is 10.7. The van der Waals surface area contributed by atoms with Crippen molar-refractivity contribution in [1.29, 1.82) is 0 Å². The van der Waals surface area contributed by atoms with Crippen molar-refractivity contribution in [3.63, 3.8) is 0 Å². The molecule has 3 heterocycles. The van der Waals surface area contributed by atoms with Gasteiger partial charge in [0.15, 0.2) is 0 Å². The van der Waals surface area contributed by atoms with E-state index in [0.717, 1.165) is 40.5 Å². The van der Waals surface area contributed by atoms with E-state index in [0.29, 0.717) is 18.0 Å². The van der Waals surface area contributed by atoms with E-state index in [2.05, 4.69) is 19.9 Å². The Morgan fingerprint density at radius 2 is 1.90 bits per heavy atom. The Hall–Kier alpha value is -2.97. The van der Waals surface area contributed by atoms with E-state index in [1.165, 1.54) is 0 Å². The highest BCUT2D eigenvalue weighted by molar-refractivity contribution is 7.89. The van der Waals surface area contributed by atoms with Crippen LogP contribution in [0.2, 0.25) is 0 Å². The molecule has 1 N–H and O–H groups in total. The molecule has 0 radical (unpaired) electrons. The van der Waals surface area contributed by atoms with Crippen molar-refractivity contribution in [1.82, 2.24) is 19.3 Å². The molecule has 2 aromatic heterocycles. The van der Waals surface area contributed by atoms with Crippen molar-refractivity contribution >= 4 is 37.6 Å². The van der Waals surface area contributed by atoms with Gasteiger partial charge in [-0.15, -0.1) is 0 Å². The summed E-state index contributed by atoms with van der Waals surface area (Å²) < 4.78 is 28.8. The Morgan fingerprint density at radius 3 is 2.71 bits per heavy atom. The molecule has 0 bridgehead atoms. The minimum Gasteiger partial charge on any atom is -0.354 e. The number of hydrogen-bond donors (Lipinski definition) is 1. The summed E-state index contributed by atoms with van der Waals surface area (Å²) in [5, 5.41) is 2.93. The molecule has 2 fully saturated rings. The van der Waals surface area contributed by atoms with Gasteiger partial charge < -0.3 is 9.88 Å². The number of aromatic nitrogens is 3. The fourth-order valence-electron chi connectivity index (χ4n) is 5.04. The SMILES string of the molecule is CN(c1ncnc2[nH]ccc12)[C@H]1CN(S(=O)(=O)c2ccc3ccccc3c2)CC12CC2. The van der Waals surface area contributed by atoms with Crippen molar-refractivity contribution in [2.75, 3.05) is 25.0 Å². The minimum atomic E-state index is -3.57. The minimum absolute atomic E-state index is 0.00769. The second-order valence-electron chi connectivity index (χ2n) is 8.73. The number of rotatable bonds is 4. The first-order valence-corrected chi connectivity index (χ1v) is 11.9. The van der Waals surface area contributed by atoms with Gasteiger partial charge in [0, 0.05) is 31.7 Å². The summed E-state index contributed by atoms with van der Waals surface area (Å²) >= 11 is 0. The number of sulfonamides is 1. The average molecular weight is 434 g/mol. The molecular formula is C23H23N5O2S. The van der Waals surface area contributed by atoms with E-state index in [4.69, 9.17) is 0 Å². The van der Waals surface area contributed by atoms with Crippen LogP contribution in [0.15, 0.2) is 66.0 Å². The van der Waals surface area contributed by atoms with E-state index >= 15 is 0 Å². The fraction of sp³-hybridized carbons (Fsp3) is 0.304. The molecule has 2 aliphatic rings. The Labute approximate surface area is 180 Å². The van der Waals surface area contributed by atoms with E-state index in [9.17, 15) is 8.42 Å². The molecular weight excluding hydrogens is 410 g/mol. The number of hydrogen-bond acceptors (Lipinski definition) is 5. The molecule has 7 nitrogen and oxygen atoms in total. The summed E-state index contributed by atoms with van der Waals surface area (Å²) in [5.41, 5.74) is 0.784. The molecule has 31 heavy (non-hydrogen) atoms. The van der Waals surface area contributed by atoms with Crippen LogP contribution in [0.3, 0.4) is 0 Å². The molecule has 0 unspecified atom stereocenters. The zero-order valence-electron chi connectivity index (χ0n) is 17.2. The lowest BCUT2D eigenvalue weighted by Crippen LogP contribution is -2.40. The lowest BCUT2D eigenvalue weighted by molar-refractivity contribution is 0.446. The molecule has 2 aromatic carbocycles. The topological polar surface area (TPSA) is 82.2 Å². The van der Waals surface area contributed by atoms with E-state index in [1.807, 2.05) is 49.6 Å². The first-order chi connectivity index (χ1) is 15.0. The molecule has 158 valence electrons. The summed E-state index contributed by atoms with van der Waals surface area (Å²) in [5.74, 6) is 0.840. The van der Waals surface area contributed by atoms with Crippen LogP contribution < -0.4 is 4.90 Å². The largest absolute Gasteiger partial charge is 0.354 e. The molecule has 1 aliphatic carbocycles. The molecule has 1 aliphatic heterocycles. The van der Waals surface area contributed by atoms with Gasteiger partial charge in [-0.3, -0.25) is 0 Å². The predicted octanol–water partition coefficient (Wildman–Crippen LogP) is 3.40. The predicted molar refractivity (Wildman–Crippen MR) is 120 cm³/mol. The molecule has 6 rings (SSSR count). The number of benzene rings is 2. The first kappa shape index (κ1) is 18.8. The number of aromatic amines is 1. The van der Waals surface area contributed by atoms with Crippen LogP contribution in [-0.4, -0.2) is 53.9 Å². The Morgan fingerprint density at radius 1 is 1.10 bits per heavy atom. The van der Waals surface area contributed by atoms with Crippen LogP contribution in [-0.2, 0) is 10.0 Å². The normalized spacial score (nSPS) is 20.6. The van der Waals surface area contributed by atoms with Crippen molar-refractivity contribution in [2.45, 2.75) is 23.8 Å². The van der Waals surface area contributed by atoms with Crippen LogP contribution in [0.5, 0.6) is 0 Å². The number of likely N-dealkylation sites (N-methyl/N-ethyl adjacent to an activating group) is 1. The lowest BCUT2D eigenvalue weighted by atomic mass is 9.99. The van der Waals surface area contributed by atoms with Gasteiger partial charge in [-0.05, 0) is 41.8 Å². The van der Waals surface area contributed by atoms with Crippen LogP contribution in [0.1, 0.15) is 12.8 Å². The Kier molecular flexibility index (Phi) is 3.94. The summed E-state index contributed by atoms with van der Waals surface area (Å²) in [6.07, 6.45) is 5.48. The Balaban J connectivity index is 1.34. The first-order valence-electron chi connectivity index (χ1n) is 10.5. The maximum absolute atomic E-state index is 13.5. The van der Waals surface area contributed by atoms with Crippen LogP contribution >= 0.6 is 0 Å². The number of nitrogens with one attached hydrogen (secondary N) is 1. The number of H-pyrrole nitrogens is 1. The third-order valence-electron chi connectivity index (χ3n) is 6.96. The van der Waals surface area contributed by atoms with Crippen molar-refractivity contribution < 1.29 is 8.42 Å². The molecule has 8 heteroatoms. The highest BCUT2D eigenvalue weighted by Gasteiger charge is 2.59. The van der Waals surface area contributed by atoms with Crippen molar-refractivity contribution in [3.05, 3.63) is 61.1 Å². The van der Waals surface area contributed by atoms with Gasteiger partial charge in [-0.25, -0.2) is 18.4 Å². The van der Waals surface area contributed by atoms with Crippen LogP contribution in [0.25, 0.3) is 21.8 Å². The molecule has 0 amide bonds. The maximum atomic E-state index is 13.5. The second kappa shape index (κ2) is 6.51. The van der Waals surface area contributed by atoms with Crippen LogP contribution in [0.4, 0.5) is 5.82 Å². The van der Waals surface area contributed by atoms with Gasteiger partial charge in [0.25, 0.3) is 0 Å². The zero-order valence-corrected chi connectivity index (χ0v) is 18.0. The monoisotopic (exact) mass is 433 g/mol. The van der Waals surface area contributed by atoms with Crippen molar-refractivity contribution in [2.24, 2.45) is 5.41 Å². The lowest BCUT2D eigenvalue weighted by Gasteiger charge is -2.30. The van der Waals surface area contributed by atoms with E-state index in [1.54, 1.807) is 22.8 Å². The van der Waals surface area contributed by atoms with Crippen molar-refractivity contribution in [3.8, 4) is 0 Å².